The molecule has 1 aliphatic carbocycles. The Kier molecular flexibility index (Phi) is 3.77. The molecule has 0 bridgehead atoms. The van der Waals surface area contributed by atoms with Gasteiger partial charge >= 0.3 is 0 Å². The van der Waals surface area contributed by atoms with Crippen molar-refractivity contribution in [1.82, 2.24) is 0 Å². The zero-order valence-electron chi connectivity index (χ0n) is 8.40. The molecule has 0 aromatic heterocycles. The summed E-state index contributed by atoms with van der Waals surface area (Å²) < 4.78 is 0. The third kappa shape index (κ3) is 2.96. The van der Waals surface area contributed by atoms with Gasteiger partial charge in [-0.05, 0) is 31.6 Å². The van der Waals surface area contributed by atoms with E-state index in [0.29, 0.717) is 0 Å². The maximum Gasteiger partial charge on any atom is 0.00609 e. The fraction of sp³-hybridized carbons (Fsp3) is 0.909. The molecule has 1 saturated carbocycles. The minimum atomic E-state index is 0.834. The molecule has 0 aromatic rings. The van der Waals surface area contributed by atoms with Crippen molar-refractivity contribution in [3.63, 3.8) is 0 Å². The van der Waals surface area contributed by atoms with E-state index >= 15 is 0 Å². The van der Waals surface area contributed by atoms with Gasteiger partial charge < -0.3 is 5.41 Å². The molecule has 1 N–H and O–H groups in total. The van der Waals surface area contributed by atoms with Crippen LogP contribution in [0.2, 0.25) is 0 Å². The summed E-state index contributed by atoms with van der Waals surface area (Å²) >= 11 is 0. The van der Waals surface area contributed by atoms with Crippen molar-refractivity contribution in [3.8, 4) is 0 Å². The smallest absolute Gasteiger partial charge is 0.00609 e. The Hall–Kier alpha value is -0.330. The molecule has 0 aliphatic heterocycles. The summed E-state index contributed by atoms with van der Waals surface area (Å²) in [5, 5.41) is 7.45. The fourth-order valence-corrected chi connectivity index (χ4v) is 2.39. The Balaban J connectivity index is 2.30. The van der Waals surface area contributed by atoms with Crippen LogP contribution >= 0.6 is 0 Å². The average Bonchev–Trinajstić information content (AvgIpc) is 2.03. The van der Waals surface area contributed by atoms with Crippen molar-refractivity contribution >= 4 is 5.71 Å². The number of nitrogens with one attached hydrogen (secondary N) is 1. The third-order valence-corrected chi connectivity index (χ3v) is 3.06. The molecule has 1 heteroatoms. The summed E-state index contributed by atoms with van der Waals surface area (Å²) in [7, 11) is 0. The second-order valence-corrected chi connectivity index (χ2v) is 4.29. The highest BCUT2D eigenvalue weighted by molar-refractivity contribution is 5.78. The number of rotatable bonds is 3. The zero-order valence-corrected chi connectivity index (χ0v) is 8.40. The Labute approximate surface area is 76.1 Å². The molecule has 12 heavy (non-hydrogen) atoms. The van der Waals surface area contributed by atoms with Crippen LogP contribution in [0.1, 0.15) is 52.4 Å². The lowest BCUT2D eigenvalue weighted by atomic mass is 9.78. The van der Waals surface area contributed by atoms with Crippen LogP contribution in [0.4, 0.5) is 0 Å². The standard InChI is InChI=1S/C11H21N/c1-3-10-5-4-6-11(8-10)7-9(2)12/h10-12H,3-8H2,1-2H3. The molecule has 1 nitrogen and oxygen atoms in total. The lowest BCUT2D eigenvalue weighted by molar-refractivity contribution is 0.266. The second kappa shape index (κ2) is 4.64. The van der Waals surface area contributed by atoms with E-state index in [1.807, 2.05) is 6.92 Å². The molecule has 0 saturated heterocycles. The summed E-state index contributed by atoms with van der Waals surface area (Å²) in [5.74, 6) is 1.80. The quantitative estimate of drug-likeness (QED) is 0.621. The van der Waals surface area contributed by atoms with Gasteiger partial charge in [-0.3, -0.25) is 0 Å². The van der Waals surface area contributed by atoms with Gasteiger partial charge in [0.1, 0.15) is 0 Å². The van der Waals surface area contributed by atoms with Crippen LogP contribution < -0.4 is 0 Å². The SMILES string of the molecule is CCC1CCCC(CC(C)=N)C1. The first kappa shape index (κ1) is 9.76. The summed E-state index contributed by atoms with van der Waals surface area (Å²) in [6.07, 6.45) is 7.98. The Morgan fingerprint density at radius 3 is 2.58 bits per heavy atom. The van der Waals surface area contributed by atoms with Gasteiger partial charge in [-0.1, -0.05) is 32.6 Å². The number of hydrogen-bond acceptors (Lipinski definition) is 1. The summed E-state index contributed by atoms with van der Waals surface area (Å²) in [5.41, 5.74) is 0.872. The van der Waals surface area contributed by atoms with Crippen LogP contribution in [0.5, 0.6) is 0 Å². The molecule has 70 valence electrons. The van der Waals surface area contributed by atoms with Gasteiger partial charge in [-0.15, -0.1) is 0 Å². The molecule has 1 rings (SSSR count). The van der Waals surface area contributed by atoms with Crippen molar-refractivity contribution in [1.29, 1.82) is 5.41 Å². The van der Waals surface area contributed by atoms with E-state index in [1.165, 1.54) is 32.1 Å². The maximum atomic E-state index is 7.45. The molecule has 1 aliphatic rings. The monoisotopic (exact) mass is 167 g/mol. The van der Waals surface area contributed by atoms with Crippen LogP contribution in [0.15, 0.2) is 0 Å². The van der Waals surface area contributed by atoms with E-state index in [1.54, 1.807) is 0 Å². The normalized spacial score (nSPS) is 30.2. The Bertz CT molecular complexity index is 151. The highest BCUT2D eigenvalue weighted by Crippen LogP contribution is 2.32. The molecule has 0 aromatic carbocycles. The van der Waals surface area contributed by atoms with Crippen molar-refractivity contribution in [2.24, 2.45) is 11.8 Å². The first-order valence-electron chi connectivity index (χ1n) is 5.26. The Morgan fingerprint density at radius 1 is 1.33 bits per heavy atom. The van der Waals surface area contributed by atoms with Crippen molar-refractivity contribution in [3.05, 3.63) is 0 Å². The van der Waals surface area contributed by atoms with E-state index in [4.69, 9.17) is 5.41 Å². The lowest BCUT2D eigenvalue weighted by Gasteiger charge is -2.28. The molecular weight excluding hydrogens is 146 g/mol. The van der Waals surface area contributed by atoms with E-state index in [-0.39, 0.29) is 0 Å². The van der Waals surface area contributed by atoms with Crippen LogP contribution in [0, 0.1) is 17.2 Å². The van der Waals surface area contributed by atoms with E-state index in [2.05, 4.69) is 6.92 Å². The van der Waals surface area contributed by atoms with Crippen LogP contribution in [-0.2, 0) is 0 Å². The highest BCUT2D eigenvalue weighted by atomic mass is 14.4. The third-order valence-electron chi connectivity index (χ3n) is 3.06. The van der Waals surface area contributed by atoms with Crippen LogP contribution in [0.3, 0.4) is 0 Å². The van der Waals surface area contributed by atoms with Gasteiger partial charge in [-0.25, -0.2) is 0 Å². The first-order chi connectivity index (χ1) is 5.72. The van der Waals surface area contributed by atoms with Gasteiger partial charge in [0.2, 0.25) is 0 Å². The minimum Gasteiger partial charge on any atom is -0.310 e. The summed E-state index contributed by atoms with van der Waals surface area (Å²) in [6.45, 7) is 4.24. The first-order valence-corrected chi connectivity index (χ1v) is 5.26. The molecular formula is C11H21N. The molecule has 1 fully saturated rings. The van der Waals surface area contributed by atoms with Crippen LogP contribution in [-0.4, -0.2) is 5.71 Å². The Morgan fingerprint density at radius 2 is 2.00 bits per heavy atom. The maximum absolute atomic E-state index is 7.45. The molecule has 0 spiro atoms. The molecule has 0 heterocycles. The van der Waals surface area contributed by atoms with Crippen molar-refractivity contribution in [2.75, 3.05) is 0 Å². The molecule has 2 atom stereocenters. The highest BCUT2D eigenvalue weighted by Gasteiger charge is 2.20. The second-order valence-electron chi connectivity index (χ2n) is 4.29. The predicted octanol–water partition coefficient (Wildman–Crippen LogP) is 3.63. The van der Waals surface area contributed by atoms with Gasteiger partial charge in [0, 0.05) is 5.71 Å². The summed E-state index contributed by atoms with van der Waals surface area (Å²) in [4.78, 5) is 0. The van der Waals surface area contributed by atoms with E-state index in [9.17, 15) is 0 Å². The van der Waals surface area contributed by atoms with E-state index in [0.717, 1.165) is 24.0 Å². The lowest BCUT2D eigenvalue weighted by Crippen LogP contribution is -2.16. The number of hydrogen-bond donors (Lipinski definition) is 1. The molecule has 0 amide bonds. The van der Waals surface area contributed by atoms with Gasteiger partial charge in [0.25, 0.3) is 0 Å². The zero-order chi connectivity index (χ0) is 8.97. The summed E-state index contributed by atoms with van der Waals surface area (Å²) in [6, 6.07) is 0. The largest absolute Gasteiger partial charge is 0.310 e. The average molecular weight is 167 g/mol. The molecule has 2 unspecified atom stereocenters. The van der Waals surface area contributed by atoms with Gasteiger partial charge in [0.05, 0.1) is 0 Å². The minimum absolute atomic E-state index is 0.834. The van der Waals surface area contributed by atoms with Gasteiger partial charge in [-0.2, -0.15) is 0 Å². The van der Waals surface area contributed by atoms with Gasteiger partial charge in [0.15, 0.2) is 0 Å². The van der Waals surface area contributed by atoms with Crippen LogP contribution in [0.25, 0.3) is 0 Å². The fourth-order valence-electron chi connectivity index (χ4n) is 2.39. The molecule has 0 radical (unpaired) electrons. The predicted molar refractivity (Wildman–Crippen MR) is 53.8 cm³/mol. The van der Waals surface area contributed by atoms with Crippen molar-refractivity contribution in [2.45, 2.75) is 52.4 Å². The van der Waals surface area contributed by atoms with Crippen molar-refractivity contribution < 1.29 is 0 Å². The topological polar surface area (TPSA) is 23.9 Å². The van der Waals surface area contributed by atoms with E-state index < -0.39 is 0 Å².